The highest BCUT2D eigenvalue weighted by Gasteiger charge is 2.27. The van der Waals surface area contributed by atoms with Crippen LogP contribution in [0.25, 0.3) is 0 Å². The molecule has 4 nitrogen and oxygen atoms in total. The monoisotopic (exact) mass is 388 g/mol. The van der Waals surface area contributed by atoms with Crippen LogP contribution in [0.1, 0.15) is 45.1 Å². The molecule has 2 aliphatic heterocycles. The summed E-state index contributed by atoms with van der Waals surface area (Å²) in [6, 6.07) is 7.02. The Morgan fingerprint density at radius 3 is 2.64 bits per heavy atom. The maximum absolute atomic E-state index is 13.9. The van der Waals surface area contributed by atoms with Gasteiger partial charge in [-0.2, -0.15) is 0 Å². The average Bonchev–Trinajstić information content (AvgIpc) is 3.22. The summed E-state index contributed by atoms with van der Waals surface area (Å²) in [7, 11) is 0. The van der Waals surface area contributed by atoms with E-state index in [1.54, 1.807) is 6.07 Å². The smallest absolute Gasteiger partial charge is 0.249 e. The molecule has 28 heavy (non-hydrogen) atoms. The van der Waals surface area contributed by atoms with Gasteiger partial charge in [0.2, 0.25) is 5.91 Å². The molecule has 1 atom stereocenters. The van der Waals surface area contributed by atoms with Crippen LogP contribution >= 0.6 is 0 Å². The topological polar surface area (TPSA) is 32.8 Å². The summed E-state index contributed by atoms with van der Waals surface area (Å²) in [5, 5.41) is 0. The highest BCUT2D eigenvalue weighted by Crippen LogP contribution is 2.23. The Kier molecular flexibility index (Phi) is 7.63. The van der Waals surface area contributed by atoms with Crippen molar-refractivity contribution in [2.75, 3.05) is 32.8 Å². The Labute approximate surface area is 168 Å². The van der Waals surface area contributed by atoms with Gasteiger partial charge in [-0.05, 0) is 64.6 Å². The molecule has 0 aliphatic carbocycles. The van der Waals surface area contributed by atoms with Crippen LogP contribution in [0.2, 0.25) is 0 Å². The normalized spacial score (nSPS) is 21.8. The molecule has 0 spiro atoms. The zero-order chi connectivity index (χ0) is 19.9. The van der Waals surface area contributed by atoms with Gasteiger partial charge < -0.3 is 9.64 Å². The van der Waals surface area contributed by atoms with Crippen molar-refractivity contribution in [2.45, 2.75) is 52.2 Å². The lowest BCUT2D eigenvalue weighted by molar-refractivity contribution is -0.129. The summed E-state index contributed by atoms with van der Waals surface area (Å²) < 4.78 is 19.7. The van der Waals surface area contributed by atoms with E-state index in [0.29, 0.717) is 19.0 Å². The van der Waals surface area contributed by atoms with E-state index >= 15 is 0 Å². The average molecular weight is 389 g/mol. The standard InChI is InChI=1S/C23H33FN2O2/c1-3-18(2)23(27)26(17-21-8-6-14-28-21)15-19-10-12-25(13-11-19)16-20-7-4-5-9-22(20)24/h3-5,7,9,19,21H,6,8,10-17H2,1-2H3/b18-3+/t21-/m1/s1. The predicted octanol–water partition coefficient (Wildman–Crippen LogP) is 4.01. The van der Waals surface area contributed by atoms with E-state index in [2.05, 4.69) is 4.90 Å². The van der Waals surface area contributed by atoms with Crippen LogP contribution in [0, 0.1) is 11.7 Å². The number of carbonyl (C=O) groups is 1. The number of allylic oxidation sites excluding steroid dienone is 1. The first-order valence-electron chi connectivity index (χ1n) is 10.6. The number of rotatable bonds is 7. The molecule has 0 aromatic heterocycles. The van der Waals surface area contributed by atoms with E-state index in [1.807, 2.05) is 37.0 Å². The van der Waals surface area contributed by atoms with Crippen molar-refractivity contribution in [3.05, 3.63) is 47.3 Å². The van der Waals surface area contributed by atoms with E-state index in [0.717, 1.165) is 63.1 Å². The maximum atomic E-state index is 13.9. The Morgan fingerprint density at radius 1 is 1.25 bits per heavy atom. The Balaban J connectivity index is 1.53. The summed E-state index contributed by atoms with van der Waals surface area (Å²) in [4.78, 5) is 17.1. The summed E-state index contributed by atoms with van der Waals surface area (Å²) in [6.07, 6.45) is 6.28. The molecular weight excluding hydrogens is 355 g/mol. The summed E-state index contributed by atoms with van der Waals surface area (Å²) in [6.45, 7) is 8.66. The van der Waals surface area contributed by atoms with Gasteiger partial charge in [0.25, 0.3) is 0 Å². The van der Waals surface area contributed by atoms with Crippen molar-refractivity contribution in [3.63, 3.8) is 0 Å². The zero-order valence-corrected chi connectivity index (χ0v) is 17.2. The van der Waals surface area contributed by atoms with Gasteiger partial charge in [-0.25, -0.2) is 4.39 Å². The molecule has 5 heteroatoms. The van der Waals surface area contributed by atoms with Gasteiger partial charge in [-0.15, -0.1) is 0 Å². The number of benzene rings is 1. The van der Waals surface area contributed by atoms with Crippen LogP contribution in [0.5, 0.6) is 0 Å². The minimum absolute atomic E-state index is 0.125. The molecule has 3 rings (SSSR count). The highest BCUT2D eigenvalue weighted by atomic mass is 19.1. The third-order valence-electron chi connectivity index (χ3n) is 6.04. The Bertz CT molecular complexity index is 677. The first-order valence-corrected chi connectivity index (χ1v) is 10.6. The van der Waals surface area contributed by atoms with Crippen molar-refractivity contribution >= 4 is 5.91 Å². The SMILES string of the molecule is C/C=C(\C)C(=O)N(CC1CCN(Cc2ccccc2F)CC1)C[C@H]1CCCO1. The Morgan fingerprint density at radius 2 is 2.00 bits per heavy atom. The lowest BCUT2D eigenvalue weighted by atomic mass is 9.95. The van der Waals surface area contributed by atoms with Crippen LogP contribution < -0.4 is 0 Å². The number of halogens is 1. The van der Waals surface area contributed by atoms with E-state index in [9.17, 15) is 9.18 Å². The summed E-state index contributed by atoms with van der Waals surface area (Å²) in [5.41, 5.74) is 1.56. The quantitative estimate of drug-likeness (QED) is 0.662. The second kappa shape index (κ2) is 10.2. The molecule has 2 saturated heterocycles. The first-order chi connectivity index (χ1) is 13.6. The molecule has 0 bridgehead atoms. The van der Waals surface area contributed by atoms with Gasteiger partial charge in [-0.1, -0.05) is 24.3 Å². The van der Waals surface area contributed by atoms with Crippen molar-refractivity contribution in [1.82, 2.24) is 9.80 Å². The van der Waals surface area contributed by atoms with Gasteiger partial charge in [0.05, 0.1) is 6.10 Å². The van der Waals surface area contributed by atoms with Crippen LogP contribution in [0.4, 0.5) is 4.39 Å². The van der Waals surface area contributed by atoms with E-state index in [1.165, 1.54) is 6.07 Å². The largest absolute Gasteiger partial charge is 0.376 e. The number of hydrogen-bond acceptors (Lipinski definition) is 3. The van der Waals surface area contributed by atoms with Gasteiger partial charge >= 0.3 is 0 Å². The minimum atomic E-state index is -0.125. The zero-order valence-electron chi connectivity index (χ0n) is 17.2. The second-order valence-corrected chi connectivity index (χ2v) is 8.13. The molecule has 0 N–H and O–H groups in total. The van der Waals surface area contributed by atoms with E-state index < -0.39 is 0 Å². The third-order valence-corrected chi connectivity index (χ3v) is 6.04. The minimum Gasteiger partial charge on any atom is -0.376 e. The molecule has 1 amide bonds. The molecule has 2 heterocycles. The molecule has 1 aromatic carbocycles. The molecule has 154 valence electrons. The fraction of sp³-hybridized carbons (Fsp3) is 0.609. The van der Waals surface area contributed by atoms with Crippen molar-refractivity contribution in [1.29, 1.82) is 0 Å². The molecule has 2 aliphatic rings. The van der Waals surface area contributed by atoms with Crippen LogP contribution in [-0.2, 0) is 16.1 Å². The van der Waals surface area contributed by atoms with Crippen molar-refractivity contribution < 1.29 is 13.9 Å². The lowest BCUT2D eigenvalue weighted by Gasteiger charge is -2.35. The fourth-order valence-corrected chi connectivity index (χ4v) is 4.15. The number of piperidine rings is 1. The predicted molar refractivity (Wildman–Crippen MR) is 109 cm³/mol. The number of hydrogen-bond donors (Lipinski definition) is 0. The maximum Gasteiger partial charge on any atom is 0.249 e. The third kappa shape index (κ3) is 5.65. The number of ether oxygens (including phenoxy) is 1. The van der Waals surface area contributed by atoms with Gasteiger partial charge in [0.15, 0.2) is 0 Å². The van der Waals surface area contributed by atoms with Crippen LogP contribution in [0.3, 0.4) is 0 Å². The Hall–Kier alpha value is -1.72. The van der Waals surface area contributed by atoms with Crippen LogP contribution in [0.15, 0.2) is 35.9 Å². The fourth-order valence-electron chi connectivity index (χ4n) is 4.15. The van der Waals surface area contributed by atoms with Gasteiger partial charge in [0.1, 0.15) is 5.82 Å². The molecule has 0 radical (unpaired) electrons. The molecule has 0 saturated carbocycles. The number of likely N-dealkylation sites (tertiary alicyclic amines) is 1. The molecular formula is C23H33FN2O2. The van der Waals surface area contributed by atoms with Crippen LogP contribution in [-0.4, -0.2) is 54.6 Å². The molecule has 2 fully saturated rings. The second-order valence-electron chi connectivity index (χ2n) is 8.13. The van der Waals surface area contributed by atoms with Gasteiger partial charge in [0, 0.05) is 37.4 Å². The van der Waals surface area contributed by atoms with E-state index in [-0.39, 0.29) is 17.8 Å². The highest BCUT2D eigenvalue weighted by molar-refractivity contribution is 5.92. The summed E-state index contributed by atoms with van der Waals surface area (Å²) in [5.74, 6) is 0.499. The van der Waals surface area contributed by atoms with E-state index in [4.69, 9.17) is 4.74 Å². The molecule has 1 aromatic rings. The van der Waals surface area contributed by atoms with Crippen molar-refractivity contribution in [3.8, 4) is 0 Å². The first kappa shape index (κ1) is 21.0. The number of amides is 1. The lowest BCUT2D eigenvalue weighted by Crippen LogP contribution is -2.43. The number of carbonyl (C=O) groups excluding carboxylic acids is 1. The molecule has 0 unspecified atom stereocenters. The van der Waals surface area contributed by atoms with Crippen molar-refractivity contribution in [2.24, 2.45) is 5.92 Å². The summed E-state index contributed by atoms with van der Waals surface area (Å²) >= 11 is 0. The van der Waals surface area contributed by atoms with Gasteiger partial charge in [-0.3, -0.25) is 9.69 Å². The number of nitrogens with zero attached hydrogens (tertiary/aromatic N) is 2.